The Morgan fingerprint density at radius 3 is 2.65 bits per heavy atom. The fourth-order valence-corrected chi connectivity index (χ4v) is 4.31. The molecule has 1 N–H and O–H groups in total. The Balaban J connectivity index is 1.53. The van der Waals surface area contributed by atoms with Crippen LogP contribution in [-0.2, 0) is 4.74 Å². The van der Waals surface area contributed by atoms with Gasteiger partial charge in [-0.05, 0) is 49.2 Å². The van der Waals surface area contributed by atoms with Crippen LogP contribution in [0.15, 0.2) is 66.9 Å². The Hall–Kier alpha value is -3.65. The molecular formula is C23H22N4O4. The number of rotatable bonds is 5. The molecule has 8 nitrogen and oxygen atoms in total. The van der Waals surface area contributed by atoms with E-state index in [1.807, 2.05) is 52.1 Å². The molecular weight excluding hydrogens is 396 g/mol. The Bertz CT molecular complexity index is 1120. The Labute approximate surface area is 179 Å². The number of carbonyl (C=O) groups is 1. The van der Waals surface area contributed by atoms with Crippen molar-refractivity contribution in [3.05, 3.63) is 88.2 Å². The molecule has 31 heavy (non-hydrogen) atoms. The van der Waals surface area contributed by atoms with Gasteiger partial charge in [-0.2, -0.15) is 0 Å². The highest BCUT2D eigenvalue weighted by atomic mass is 16.6. The first-order valence-corrected chi connectivity index (χ1v) is 10.3. The van der Waals surface area contributed by atoms with E-state index in [0.29, 0.717) is 12.1 Å². The topological polar surface area (TPSA) is 89.6 Å². The van der Waals surface area contributed by atoms with E-state index in [1.165, 1.54) is 12.1 Å². The van der Waals surface area contributed by atoms with Gasteiger partial charge in [0.1, 0.15) is 6.17 Å². The second kappa shape index (κ2) is 7.88. The van der Waals surface area contributed by atoms with Gasteiger partial charge in [0.2, 0.25) is 0 Å². The van der Waals surface area contributed by atoms with Crippen molar-refractivity contribution in [1.82, 2.24) is 9.47 Å². The van der Waals surface area contributed by atoms with Crippen LogP contribution in [0.1, 0.15) is 35.1 Å². The van der Waals surface area contributed by atoms with Gasteiger partial charge in [0.15, 0.2) is 0 Å². The number of non-ortho nitro benzene ring substituents is 1. The van der Waals surface area contributed by atoms with Gasteiger partial charge >= 0.3 is 0 Å². The van der Waals surface area contributed by atoms with Crippen LogP contribution in [0.3, 0.4) is 0 Å². The number of nitrogens with zero attached hydrogens (tertiary/aromatic N) is 3. The van der Waals surface area contributed by atoms with Crippen LogP contribution in [-0.4, -0.2) is 39.6 Å². The van der Waals surface area contributed by atoms with Crippen molar-refractivity contribution in [3.8, 4) is 5.69 Å². The third-order valence-electron chi connectivity index (χ3n) is 5.85. The van der Waals surface area contributed by atoms with Gasteiger partial charge in [0.05, 0.1) is 22.3 Å². The number of carbonyl (C=O) groups excluding carboxylic acids is 1. The molecule has 3 aromatic rings. The molecule has 0 aliphatic carbocycles. The van der Waals surface area contributed by atoms with Gasteiger partial charge in [-0.15, -0.1) is 0 Å². The third-order valence-corrected chi connectivity index (χ3v) is 5.85. The lowest BCUT2D eigenvalue weighted by atomic mass is 10.0. The molecule has 1 saturated heterocycles. The standard InChI is InChI=1S/C23H22N4O4/c28-23-19-6-1-2-7-20(19)24-22(26(23)15-18-5-4-14-31-18)21-8-3-13-25(21)16-9-11-17(12-10-16)27(29)30/h1-3,6-13,18,22,24H,4-5,14-15H2/t18-,22-/m1/s1. The molecule has 0 spiro atoms. The molecule has 8 heteroatoms. The maximum Gasteiger partial charge on any atom is 0.269 e. The van der Waals surface area contributed by atoms with Crippen molar-refractivity contribution < 1.29 is 14.5 Å². The van der Waals surface area contributed by atoms with Crippen molar-refractivity contribution >= 4 is 17.3 Å². The maximum absolute atomic E-state index is 13.4. The normalized spacial score (nSPS) is 20.4. The first-order valence-electron chi connectivity index (χ1n) is 10.3. The fraction of sp³-hybridized carbons (Fsp3) is 0.261. The maximum atomic E-state index is 13.4. The molecule has 0 bridgehead atoms. The van der Waals surface area contributed by atoms with Gasteiger partial charge in [-0.1, -0.05) is 12.1 Å². The third kappa shape index (κ3) is 3.55. The average Bonchev–Trinajstić information content (AvgIpc) is 3.48. The molecule has 2 aliphatic heterocycles. The molecule has 0 saturated carbocycles. The molecule has 158 valence electrons. The minimum atomic E-state index is -0.415. The minimum Gasteiger partial charge on any atom is -0.376 e. The number of hydrogen-bond donors (Lipinski definition) is 1. The molecule has 0 radical (unpaired) electrons. The van der Waals surface area contributed by atoms with Crippen LogP contribution in [0.4, 0.5) is 11.4 Å². The number of para-hydroxylation sites is 1. The van der Waals surface area contributed by atoms with Gasteiger partial charge in [-0.3, -0.25) is 14.9 Å². The summed E-state index contributed by atoms with van der Waals surface area (Å²) < 4.78 is 7.77. The number of fused-ring (bicyclic) bond motifs is 1. The molecule has 1 amide bonds. The summed E-state index contributed by atoms with van der Waals surface area (Å²) in [5, 5.41) is 14.5. The molecule has 5 rings (SSSR count). The van der Waals surface area contributed by atoms with Crippen molar-refractivity contribution in [3.63, 3.8) is 0 Å². The summed E-state index contributed by atoms with van der Waals surface area (Å²) in [4.78, 5) is 25.8. The van der Waals surface area contributed by atoms with Crippen LogP contribution >= 0.6 is 0 Å². The molecule has 1 aromatic heterocycles. The van der Waals surface area contributed by atoms with Crippen molar-refractivity contribution in [2.24, 2.45) is 0 Å². The van der Waals surface area contributed by atoms with Crippen molar-refractivity contribution in [2.45, 2.75) is 25.1 Å². The highest BCUT2D eigenvalue weighted by molar-refractivity contribution is 6.01. The second-order valence-electron chi connectivity index (χ2n) is 7.76. The molecule has 2 aliphatic rings. The Morgan fingerprint density at radius 1 is 1.10 bits per heavy atom. The predicted molar refractivity (Wildman–Crippen MR) is 115 cm³/mol. The largest absolute Gasteiger partial charge is 0.376 e. The minimum absolute atomic E-state index is 0.0151. The van der Waals surface area contributed by atoms with E-state index in [-0.39, 0.29) is 17.7 Å². The Morgan fingerprint density at radius 2 is 1.90 bits per heavy atom. The van der Waals surface area contributed by atoms with Crippen LogP contribution in [0.25, 0.3) is 5.69 Å². The molecule has 2 aromatic carbocycles. The quantitative estimate of drug-likeness (QED) is 0.497. The second-order valence-corrected chi connectivity index (χ2v) is 7.76. The summed E-state index contributed by atoms with van der Waals surface area (Å²) >= 11 is 0. The fourth-order valence-electron chi connectivity index (χ4n) is 4.31. The Kier molecular flexibility index (Phi) is 4.91. The zero-order valence-corrected chi connectivity index (χ0v) is 16.8. The molecule has 2 atom stereocenters. The van der Waals surface area contributed by atoms with Gasteiger partial charge in [0.25, 0.3) is 11.6 Å². The predicted octanol–water partition coefficient (Wildman–Crippen LogP) is 4.13. The van der Waals surface area contributed by atoms with Crippen LogP contribution in [0.5, 0.6) is 0 Å². The molecule has 0 unspecified atom stereocenters. The van der Waals surface area contributed by atoms with E-state index in [1.54, 1.807) is 12.1 Å². The summed E-state index contributed by atoms with van der Waals surface area (Å²) in [5.74, 6) is -0.0358. The highest BCUT2D eigenvalue weighted by Crippen LogP contribution is 2.35. The van der Waals surface area contributed by atoms with E-state index in [0.717, 1.165) is 36.5 Å². The van der Waals surface area contributed by atoms with Gasteiger partial charge < -0.3 is 19.5 Å². The SMILES string of the molecule is O=C1c2ccccc2N[C@@H](c2cccn2-c2ccc([N+](=O)[O-])cc2)N1C[C@H]1CCCO1. The van der Waals surface area contributed by atoms with Crippen LogP contribution in [0.2, 0.25) is 0 Å². The number of ether oxygens (including phenoxy) is 1. The van der Waals surface area contributed by atoms with Gasteiger partial charge in [-0.25, -0.2) is 0 Å². The summed E-state index contributed by atoms with van der Waals surface area (Å²) in [5.41, 5.74) is 3.13. The van der Waals surface area contributed by atoms with Crippen LogP contribution < -0.4 is 5.32 Å². The highest BCUT2D eigenvalue weighted by Gasteiger charge is 2.36. The zero-order chi connectivity index (χ0) is 21.4. The smallest absolute Gasteiger partial charge is 0.269 e. The first-order chi connectivity index (χ1) is 15.1. The van der Waals surface area contributed by atoms with E-state index in [9.17, 15) is 14.9 Å². The average molecular weight is 418 g/mol. The number of anilines is 1. The first kappa shape index (κ1) is 19.3. The van der Waals surface area contributed by atoms with E-state index in [2.05, 4.69) is 5.32 Å². The lowest BCUT2D eigenvalue weighted by molar-refractivity contribution is -0.384. The van der Waals surface area contributed by atoms with E-state index < -0.39 is 11.1 Å². The number of nitro benzene ring substituents is 1. The number of hydrogen-bond acceptors (Lipinski definition) is 5. The lowest BCUT2D eigenvalue weighted by Crippen LogP contribution is -2.46. The molecule has 1 fully saturated rings. The summed E-state index contributed by atoms with van der Waals surface area (Å²) in [6, 6.07) is 17.8. The van der Waals surface area contributed by atoms with Crippen molar-refractivity contribution in [2.75, 3.05) is 18.5 Å². The summed E-state index contributed by atoms with van der Waals surface area (Å²) in [7, 11) is 0. The van der Waals surface area contributed by atoms with Crippen molar-refractivity contribution in [1.29, 1.82) is 0 Å². The number of nitro groups is 1. The molecule has 3 heterocycles. The van der Waals surface area contributed by atoms with E-state index in [4.69, 9.17) is 4.74 Å². The number of aromatic nitrogens is 1. The number of amides is 1. The van der Waals surface area contributed by atoms with Gasteiger partial charge in [0, 0.05) is 42.9 Å². The number of nitrogens with one attached hydrogen (secondary N) is 1. The lowest BCUT2D eigenvalue weighted by Gasteiger charge is -2.39. The number of benzene rings is 2. The zero-order valence-electron chi connectivity index (χ0n) is 16.8. The van der Waals surface area contributed by atoms with Crippen LogP contribution in [0, 0.1) is 10.1 Å². The summed E-state index contributed by atoms with van der Waals surface area (Å²) in [6.07, 6.45) is 3.45. The monoisotopic (exact) mass is 418 g/mol. The summed E-state index contributed by atoms with van der Waals surface area (Å²) in [6.45, 7) is 1.22. The van der Waals surface area contributed by atoms with E-state index >= 15 is 0 Å².